The lowest BCUT2D eigenvalue weighted by molar-refractivity contribution is 0.227. The molecule has 174 valence electrons. The van der Waals surface area contributed by atoms with Gasteiger partial charge in [-0.05, 0) is 25.1 Å². The smallest absolute Gasteiger partial charge is 0.166 e. The van der Waals surface area contributed by atoms with Crippen molar-refractivity contribution in [3.63, 3.8) is 0 Å². The molecule has 3 N–H and O–H groups in total. The molecule has 1 aliphatic heterocycles. The normalized spacial score (nSPS) is 13.8. The van der Waals surface area contributed by atoms with Crippen LogP contribution < -0.4 is 15.8 Å². The molecule has 0 amide bonds. The van der Waals surface area contributed by atoms with E-state index in [4.69, 9.17) is 33.7 Å². The van der Waals surface area contributed by atoms with Crippen molar-refractivity contribution in [2.45, 2.75) is 46.8 Å². The summed E-state index contributed by atoms with van der Waals surface area (Å²) in [6.45, 7) is 11.5. The lowest BCUT2D eigenvalue weighted by Gasteiger charge is -2.27. The van der Waals surface area contributed by atoms with Gasteiger partial charge >= 0.3 is 0 Å². The summed E-state index contributed by atoms with van der Waals surface area (Å²) in [5.74, 6) is 0.0172. The Bertz CT molecular complexity index is 1020. The first-order chi connectivity index (χ1) is 15.4. The number of pyridine rings is 1. The van der Waals surface area contributed by atoms with Crippen LogP contribution in [0.2, 0.25) is 10.0 Å². The van der Waals surface area contributed by atoms with Gasteiger partial charge in [-0.15, -0.1) is 0 Å². The molecule has 2 aromatic heterocycles. The molecular formula is C23H30Cl2FN5O. The molecule has 3 heterocycles. The molecule has 0 saturated carbocycles. The molecule has 6 nitrogen and oxygen atoms in total. The van der Waals surface area contributed by atoms with Gasteiger partial charge < -0.3 is 15.8 Å². The maximum absolute atomic E-state index is 13.8. The molecule has 32 heavy (non-hydrogen) atoms. The summed E-state index contributed by atoms with van der Waals surface area (Å²) in [6.07, 6.45) is 4.78. The van der Waals surface area contributed by atoms with Crippen molar-refractivity contribution in [1.82, 2.24) is 20.1 Å². The average molecular weight is 482 g/mol. The fourth-order valence-electron chi connectivity index (χ4n) is 3.02. The van der Waals surface area contributed by atoms with Gasteiger partial charge in [0.15, 0.2) is 11.6 Å². The van der Waals surface area contributed by atoms with Crippen molar-refractivity contribution >= 4 is 29.0 Å². The molecule has 0 bridgehead atoms. The predicted octanol–water partition coefficient (Wildman–Crippen LogP) is 6.31. The number of ether oxygens (including phenoxy) is 1. The first-order valence-corrected chi connectivity index (χ1v) is 11.5. The molecule has 9 heteroatoms. The number of rotatable bonds is 5. The van der Waals surface area contributed by atoms with Gasteiger partial charge in [-0.1, -0.05) is 50.9 Å². The highest BCUT2D eigenvalue weighted by Crippen LogP contribution is 2.37. The van der Waals surface area contributed by atoms with Gasteiger partial charge in [-0.2, -0.15) is 5.10 Å². The molecular weight excluding hydrogens is 452 g/mol. The fraction of sp³-hybridized carbons (Fsp3) is 0.391. The second-order valence-corrected chi connectivity index (χ2v) is 7.43. The van der Waals surface area contributed by atoms with E-state index in [1.54, 1.807) is 25.4 Å². The van der Waals surface area contributed by atoms with Gasteiger partial charge in [0.2, 0.25) is 0 Å². The topological polar surface area (TPSA) is 78.0 Å². The van der Waals surface area contributed by atoms with E-state index < -0.39 is 11.9 Å². The monoisotopic (exact) mass is 481 g/mol. The zero-order valence-electron chi connectivity index (χ0n) is 19.0. The Morgan fingerprint density at radius 3 is 2.47 bits per heavy atom. The third kappa shape index (κ3) is 5.71. The van der Waals surface area contributed by atoms with Crippen molar-refractivity contribution in [3.8, 4) is 16.9 Å². The summed E-state index contributed by atoms with van der Waals surface area (Å²) in [5.41, 5.74) is 8.05. The van der Waals surface area contributed by atoms with Crippen LogP contribution in [0.15, 0.2) is 36.8 Å². The third-order valence-corrected chi connectivity index (χ3v) is 5.45. The van der Waals surface area contributed by atoms with Crippen molar-refractivity contribution in [3.05, 3.63) is 58.2 Å². The van der Waals surface area contributed by atoms with Crippen molar-refractivity contribution in [2.24, 2.45) is 0 Å². The Hall–Kier alpha value is -2.35. The average Bonchev–Trinajstić information content (AvgIpc) is 3.24. The lowest BCUT2D eigenvalue weighted by atomic mass is 10.1. The maximum atomic E-state index is 13.8. The van der Waals surface area contributed by atoms with E-state index >= 15 is 0 Å². The minimum atomic E-state index is -0.626. The van der Waals surface area contributed by atoms with Crippen LogP contribution in [0, 0.1) is 5.82 Å². The number of nitrogens with zero attached hydrogens (tertiary/aromatic N) is 3. The van der Waals surface area contributed by atoms with Crippen LogP contribution in [-0.2, 0) is 0 Å². The van der Waals surface area contributed by atoms with E-state index in [0.29, 0.717) is 22.4 Å². The minimum Gasteiger partial charge on any atom is -0.482 e. The van der Waals surface area contributed by atoms with Crippen LogP contribution in [-0.4, -0.2) is 27.9 Å². The van der Waals surface area contributed by atoms with E-state index in [1.807, 2.05) is 38.6 Å². The molecule has 4 rings (SSSR count). The molecule has 1 unspecified atom stereocenters. The van der Waals surface area contributed by atoms with E-state index in [-0.39, 0.29) is 10.8 Å². The van der Waals surface area contributed by atoms with Gasteiger partial charge in [0.25, 0.3) is 0 Å². The standard InChI is InChI=1S/C19H18Cl2FN5O.2C2H6/c1-10(17-14(20)2-3-15(22)18(17)21)28-16-4-11(5-25-19(16)23)12-6-26-27(9-12)13-7-24-8-13;2*1-2/h2-6,9-10,13,24H,7-8H2,1H3,(H2,23,25);2*1-2H3. The number of anilines is 1. The Morgan fingerprint density at radius 1 is 1.16 bits per heavy atom. The molecule has 0 spiro atoms. The van der Waals surface area contributed by atoms with Crippen molar-refractivity contribution in [1.29, 1.82) is 0 Å². The number of nitrogens with one attached hydrogen (secondary N) is 1. The fourth-order valence-corrected chi connectivity index (χ4v) is 3.70. The first kappa shape index (κ1) is 25.9. The largest absolute Gasteiger partial charge is 0.482 e. The summed E-state index contributed by atoms with van der Waals surface area (Å²) in [6, 6.07) is 4.80. The number of benzene rings is 1. The van der Waals surface area contributed by atoms with Crippen LogP contribution in [0.5, 0.6) is 5.75 Å². The van der Waals surface area contributed by atoms with Gasteiger partial charge in [0.05, 0.1) is 17.3 Å². The highest BCUT2D eigenvalue weighted by Gasteiger charge is 2.21. The molecule has 1 aliphatic rings. The van der Waals surface area contributed by atoms with Crippen molar-refractivity contribution < 1.29 is 9.13 Å². The number of halogens is 3. The summed E-state index contributed by atoms with van der Waals surface area (Å²) in [7, 11) is 0. The minimum absolute atomic E-state index is 0.0712. The number of hydrogen-bond donors (Lipinski definition) is 2. The Kier molecular flexibility index (Phi) is 9.75. The van der Waals surface area contributed by atoms with Crippen LogP contribution in [0.1, 0.15) is 52.3 Å². The SMILES string of the molecule is CC.CC.CC(Oc1cc(-c2cnn(C3CNC3)c2)cnc1N)c1c(Cl)ccc(F)c1Cl. The summed E-state index contributed by atoms with van der Waals surface area (Å²) >= 11 is 12.3. The van der Waals surface area contributed by atoms with Crippen LogP contribution in [0.3, 0.4) is 0 Å². The molecule has 1 fully saturated rings. The summed E-state index contributed by atoms with van der Waals surface area (Å²) < 4.78 is 21.7. The Balaban J connectivity index is 0.000000860. The van der Waals surface area contributed by atoms with E-state index in [9.17, 15) is 4.39 Å². The second kappa shape index (κ2) is 12.0. The molecule has 3 aromatic rings. The van der Waals surface area contributed by atoms with Gasteiger partial charge in [-0.3, -0.25) is 4.68 Å². The van der Waals surface area contributed by atoms with Crippen LogP contribution in [0.4, 0.5) is 10.2 Å². The predicted molar refractivity (Wildman–Crippen MR) is 130 cm³/mol. The molecule has 1 saturated heterocycles. The zero-order chi connectivity index (χ0) is 23.8. The van der Waals surface area contributed by atoms with Gasteiger partial charge in [0.1, 0.15) is 11.9 Å². The highest BCUT2D eigenvalue weighted by molar-refractivity contribution is 6.36. The Labute approximate surface area is 198 Å². The lowest BCUT2D eigenvalue weighted by Crippen LogP contribution is -2.43. The van der Waals surface area contributed by atoms with Gasteiger partial charge in [-0.25, -0.2) is 9.37 Å². The summed E-state index contributed by atoms with van der Waals surface area (Å²) in [4.78, 5) is 4.22. The second-order valence-electron chi connectivity index (χ2n) is 6.65. The number of nitrogen functional groups attached to an aromatic ring is 1. The number of nitrogens with two attached hydrogens (primary N) is 1. The molecule has 1 aromatic carbocycles. The molecule has 1 atom stereocenters. The Morgan fingerprint density at radius 2 is 1.84 bits per heavy atom. The van der Waals surface area contributed by atoms with Crippen LogP contribution in [0.25, 0.3) is 11.1 Å². The molecule has 0 radical (unpaired) electrons. The van der Waals surface area contributed by atoms with E-state index in [2.05, 4.69) is 15.4 Å². The van der Waals surface area contributed by atoms with E-state index in [0.717, 1.165) is 24.2 Å². The third-order valence-electron chi connectivity index (χ3n) is 4.74. The molecule has 0 aliphatic carbocycles. The first-order valence-electron chi connectivity index (χ1n) is 10.7. The number of aromatic nitrogens is 3. The zero-order valence-corrected chi connectivity index (χ0v) is 20.5. The maximum Gasteiger partial charge on any atom is 0.166 e. The number of hydrogen-bond acceptors (Lipinski definition) is 5. The van der Waals surface area contributed by atoms with Crippen molar-refractivity contribution in [2.75, 3.05) is 18.8 Å². The highest BCUT2D eigenvalue weighted by atomic mass is 35.5. The van der Waals surface area contributed by atoms with E-state index in [1.165, 1.54) is 12.1 Å². The van der Waals surface area contributed by atoms with Crippen LogP contribution >= 0.6 is 23.2 Å². The summed E-state index contributed by atoms with van der Waals surface area (Å²) in [5, 5.41) is 7.87. The van der Waals surface area contributed by atoms with Gasteiger partial charge in [0, 0.05) is 47.2 Å². The quantitative estimate of drug-likeness (QED) is 0.417.